The maximum Gasteiger partial charge on any atom is 0.408 e. The summed E-state index contributed by atoms with van der Waals surface area (Å²) in [5.41, 5.74) is 0.328. The predicted molar refractivity (Wildman–Crippen MR) is 163 cm³/mol. The number of ether oxygens (including phenoxy) is 1. The van der Waals surface area contributed by atoms with Crippen LogP contribution in [0.25, 0.3) is 0 Å². The number of sulfonamides is 1. The van der Waals surface area contributed by atoms with Crippen molar-refractivity contribution in [1.82, 2.24) is 19.8 Å². The molecule has 2 N–H and O–H groups in total. The second kappa shape index (κ2) is 14.7. The number of hydrogen-bond donors (Lipinski definition) is 2. The van der Waals surface area contributed by atoms with E-state index in [4.69, 9.17) is 4.74 Å². The van der Waals surface area contributed by atoms with Crippen molar-refractivity contribution in [3.63, 3.8) is 0 Å². The minimum Gasteiger partial charge on any atom is -0.444 e. The number of benzene rings is 1. The Morgan fingerprint density at radius 2 is 1.71 bits per heavy atom. The summed E-state index contributed by atoms with van der Waals surface area (Å²) in [6, 6.07) is 8.55. The third kappa shape index (κ3) is 10.3. The quantitative estimate of drug-likeness (QED) is 0.389. The van der Waals surface area contributed by atoms with Crippen molar-refractivity contribution in [2.24, 2.45) is 11.8 Å². The molecule has 0 aromatic heterocycles. The summed E-state index contributed by atoms with van der Waals surface area (Å²) >= 11 is 0. The number of carbonyl (C=O) groups excluding carboxylic acids is 3. The molecule has 3 rings (SSSR count). The molecule has 10 nitrogen and oxygen atoms in total. The Hall–Kier alpha value is -2.66. The highest BCUT2D eigenvalue weighted by molar-refractivity contribution is 7.88. The second-order valence-corrected chi connectivity index (χ2v) is 15.0. The Morgan fingerprint density at radius 1 is 1.07 bits per heavy atom. The minimum absolute atomic E-state index is 0.0291. The van der Waals surface area contributed by atoms with E-state index in [2.05, 4.69) is 10.6 Å². The predicted octanol–water partition coefficient (Wildman–Crippen LogP) is 4.23. The van der Waals surface area contributed by atoms with Crippen molar-refractivity contribution in [3.05, 3.63) is 35.9 Å². The van der Waals surface area contributed by atoms with E-state index in [1.165, 1.54) is 10.6 Å². The fourth-order valence-electron chi connectivity index (χ4n) is 6.16. The Labute approximate surface area is 252 Å². The smallest absolute Gasteiger partial charge is 0.408 e. The SMILES string of the molecule is C[C@@H](NC(=O)C[C@@H]1C[C@@H](CCN(C)C(=O)[C@@H](NC(=O)OC(C)(C)C)C2CCCCC2)N(S(C)(=O)=O)C1)c1ccccc1. The number of hydrogen-bond acceptors (Lipinski definition) is 6. The van der Waals surface area contributed by atoms with Crippen LogP contribution in [0, 0.1) is 11.8 Å². The number of carbonyl (C=O) groups is 3. The maximum absolute atomic E-state index is 13.6. The van der Waals surface area contributed by atoms with Crippen LogP contribution in [0.3, 0.4) is 0 Å². The summed E-state index contributed by atoms with van der Waals surface area (Å²) in [6.45, 7) is 7.89. The fourth-order valence-corrected chi connectivity index (χ4v) is 7.37. The molecule has 3 amide bonds. The lowest BCUT2D eigenvalue weighted by Gasteiger charge is -2.34. The zero-order valence-electron chi connectivity index (χ0n) is 26.1. The minimum atomic E-state index is -3.50. The van der Waals surface area contributed by atoms with E-state index in [1.54, 1.807) is 32.7 Å². The summed E-state index contributed by atoms with van der Waals surface area (Å²) in [7, 11) is -1.80. The average Bonchev–Trinajstić information content (AvgIpc) is 3.33. The normalized spacial score (nSPS) is 21.8. The lowest BCUT2D eigenvalue weighted by molar-refractivity contribution is -0.134. The van der Waals surface area contributed by atoms with Gasteiger partial charge in [0.1, 0.15) is 11.6 Å². The lowest BCUT2D eigenvalue weighted by atomic mass is 9.83. The zero-order chi connectivity index (χ0) is 31.1. The number of rotatable bonds is 11. The van der Waals surface area contributed by atoms with Crippen LogP contribution in [0.5, 0.6) is 0 Å². The molecule has 1 aliphatic heterocycles. The molecule has 0 radical (unpaired) electrons. The third-order valence-corrected chi connectivity index (χ3v) is 9.56. The van der Waals surface area contributed by atoms with E-state index in [0.29, 0.717) is 19.4 Å². The van der Waals surface area contributed by atoms with Crippen molar-refractivity contribution in [1.29, 1.82) is 0 Å². The molecule has 11 heteroatoms. The Morgan fingerprint density at radius 3 is 2.31 bits per heavy atom. The fraction of sp³-hybridized carbons (Fsp3) is 0.710. The van der Waals surface area contributed by atoms with Crippen molar-refractivity contribution >= 4 is 27.9 Å². The second-order valence-electron chi connectivity index (χ2n) is 13.1. The molecule has 0 bridgehead atoms. The third-order valence-electron chi connectivity index (χ3n) is 8.26. The highest BCUT2D eigenvalue weighted by Crippen LogP contribution is 2.31. The van der Waals surface area contributed by atoms with E-state index < -0.39 is 27.8 Å². The van der Waals surface area contributed by atoms with Crippen LogP contribution in [-0.2, 0) is 24.3 Å². The van der Waals surface area contributed by atoms with Gasteiger partial charge in [-0.3, -0.25) is 9.59 Å². The molecule has 1 saturated heterocycles. The topological polar surface area (TPSA) is 125 Å². The van der Waals surface area contributed by atoms with Gasteiger partial charge in [-0.2, -0.15) is 4.31 Å². The van der Waals surface area contributed by atoms with Gasteiger partial charge in [0.25, 0.3) is 0 Å². The molecule has 0 unspecified atom stereocenters. The van der Waals surface area contributed by atoms with Gasteiger partial charge in [0.2, 0.25) is 21.8 Å². The Bertz CT molecular complexity index is 1160. The van der Waals surface area contributed by atoms with Crippen LogP contribution >= 0.6 is 0 Å². The molecule has 1 aromatic carbocycles. The molecule has 4 atom stereocenters. The summed E-state index contributed by atoms with van der Waals surface area (Å²) < 4.78 is 32.2. The monoisotopic (exact) mass is 606 g/mol. The summed E-state index contributed by atoms with van der Waals surface area (Å²) in [4.78, 5) is 40.7. The van der Waals surface area contributed by atoms with Gasteiger partial charge in [0.05, 0.1) is 12.3 Å². The number of likely N-dealkylation sites (N-methyl/N-ethyl adjacent to an activating group) is 1. The molecular weight excluding hydrogens is 556 g/mol. The van der Waals surface area contributed by atoms with Crippen molar-refractivity contribution in [2.45, 2.75) is 103 Å². The molecule has 1 aliphatic carbocycles. The summed E-state index contributed by atoms with van der Waals surface area (Å²) in [6.07, 6.45) is 6.67. The molecular formula is C31H50N4O6S. The highest BCUT2D eigenvalue weighted by Gasteiger charge is 2.39. The number of nitrogens with zero attached hydrogens (tertiary/aromatic N) is 2. The first-order valence-corrected chi connectivity index (χ1v) is 17.0. The molecule has 1 heterocycles. The van der Waals surface area contributed by atoms with Gasteiger partial charge in [-0.25, -0.2) is 13.2 Å². The van der Waals surface area contributed by atoms with Crippen LogP contribution in [0.1, 0.15) is 90.7 Å². The van der Waals surface area contributed by atoms with E-state index >= 15 is 0 Å². The average molecular weight is 607 g/mol. The lowest BCUT2D eigenvalue weighted by Crippen LogP contribution is -2.53. The first kappa shape index (κ1) is 33.8. The molecule has 2 aliphatic rings. The van der Waals surface area contributed by atoms with Crippen molar-refractivity contribution < 1.29 is 27.5 Å². The van der Waals surface area contributed by atoms with E-state index in [0.717, 1.165) is 37.7 Å². The van der Waals surface area contributed by atoms with Crippen molar-refractivity contribution in [2.75, 3.05) is 26.4 Å². The van der Waals surface area contributed by atoms with Crippen LogP contribution in [0.2, 0.25) is 0 Å². The van der Waals surface area contributed by atoms with Gasteiger partial charge < -0.3 is 20.3 Å². The Balaban J connectivity index is 1.61. The van der Waals surface area contributed by atoms with Gasteiger partial charge in [-0.15, -0.1) is 0 Å². The van der Waals surface area contributed by atoms with Crippen LogP contribution < -0.4 is 10.6 Å². The van der Waals surface area contributed by atoms with Crippen LogP contribution in [-0.4, -0.2) is 79.6 Å². The first-order chi connectivity index (χ1) is 19.6. The molecule has 0 spiro atoms. The van der Waals surface area contributed by atoms with Gasteiger partial charge in [0, 0.05) is 32.6 Å². The molecule has 1 aromatic rings. The van der Waals surface area contributed by atoms with Crippen molar-refractivity contribution in [3.8, 4) is 0 Å². The standard InChI is InChI=1S/C31H50N4O6S/c1-22(24-13-9-7-10-14-24)32-27(36)20-23-19-26(35(21-23)42(6,39)40)17-18-34(5)29(37)28(25-15-11-8-12-16-25)33-30(38)41-31(2,3)4/h7,9-10,13-14,22-23,25-26,28H,8,11-12,15-21H2,1-6H3,(H,32,36)(H,33,38)/t22-,23+,26-,28+/m1/s1. The maximum atomic E-state index is 13.6. The van der Waals surface area contributed by atoms with Gasteiger partial charge in [-0.05, 0) is 70.8 Å². The molecule has 42 heavy (non-hydrogen) atoms. The summed E-state index contributed by atoms with van der Waals surface area (Å²) in [5.74, 6) is -0.386. The Kier molecular flexibility index (Phi) is 11.8. The van der Waals surface area contributed by atoms with Gasteiger partial charge in [-0.1, -0.05) is 49.6 Å². The number of amides is 3. The van der Waals surface area contributed by atoms with E-state index in [1.807, 2.05) is 37.3 Å². The van der Waals surface area contributed by atoms with Gasteiger partial charge >= 0.3 is 6.09 Å². The molecule has 1 saturated carbocycles. The molecule has 2 fully saturated rings. The zero-order valence-corrected chi connectivity index (χ0v) is 26.9. The van der Waals surface area contributed by atoms with E-state index in [9.17, 15) is 22.8 Å². The van der Waals surface area contributed by atoms with Crippen LogP contribution in [0.15, 0.2) is 30.3 Å². The number of alkyl carbamates (subject to hydrolysis) is 1. The van der Waals surface area contributed by atoms with Crippen LogP contribution in [0.4, 0.5) is 4.79 Å². The van der Waals surface area contributed by atoms with Gasteiger partial charge in [0.15, 0.2) is 0 Å². The van der Waals surface area contributed by atoms with E-state index in [-0.39, 0.29) is 48.7 Å². The number of nitrogens with one attached hydrogen (secondary N) is 2. The highest BCUT2D eigenvalue weighted by atomic mass is 32.2. The summed E-state index contributed by atoms with van der Waals surface area (Å²) in [5, 5.41) is 5.86. The first-order valence-electron chi connectivity index (χ1n) is 15.2. The largest absolute Gasteiger partial charge is 0.444 e. The molecule has 236 valence electrons.